The quantitative estimate of drug-likeness (QED) is 0.606. The van der Waals surface area contributed by atoms with E-state index in [1.807, 2.05) is 13.8 Å². The summed E-state index contributed by atoms with van der Waals surface area (Å²) < 4.78 is 0. The van der Waals surface area contributed by atoms with Gasteiger partial charge in [-0.15, -0.1) is 0 Å². The van der Waals surface area contributed by atoms with Crippen LogP contribution >= 0.6 is 0 Å². The second kappa shape index (κ2) is 4.82. The van der Waals surface area contributed by atoms with Gasteiger partial charge in [-0.2, -0.15) is 0 Å². The van der Waals surface area contributed by atoms with Crippen molar-refractivity contribution < 1.29 is 9.59 Å². The number of amides is 2. The number of nitrogens with two attached hydrogens (primary N) is 1. The van der Waals surface area contributed by atoms with Crippen molar-refractivity contribution in [1.29, 1.82) is 0 Å². The largest absolute Gasteiger partial charge is 0.357 e. The first kappa shape index (κ1) is 13.0. The maximum Gasteiger partial charge on any atom is 0.242 e. The van der Waals surface area contributed by atoms with Crippen LogP contribution in [0.25, 0.3) is 0 Å². The third-order valence-corrected chi connectivity index (χ3v) is 2.82. The average molecular weight is 227 g/mol. The highest BCUT2D eigenvalue weighted by Gasteiger charge is 2.46. The maximum atomic E-state index is 11.7. The Hall–Kier alpha value is -1.10. The van der Waals surface area contributed by atoms with Crippen molar-refractivity contribution in [3.05, 3.63) is 0 Å². The van der Waals surface area contributed by atoms with Gasteiger partial charge in [-0.25, -0.2) is 0 Å². The highest BCUT2D eigenvalue weighted by Crippen LogP contribution is 2.32. The van der Waals surface area contributed by atoms with Crippen molar-refractivity contribution in [1.82, 2.24) is 10.6 Å². The summed E-state index contributed by atoms with van der Waals surface area (Å²) in [5.74, 6) is -0.0245. The van der Waals surface area contributed by atoms with Gasteiger partial charge in [0.25, 0.3) is 0 Å². The molecular formula is C11H21N3O2. The maximum absolute atomic E-state index is 11.7. The second-order valence-electron chi connectivity index (χ2n) is 4.93. The zero-order chi connectivity index (χ0) is 12.3. The smallest absolute Gasteiger partial charge is 0.242 e. The van der Waals surface area contributed by atoms with E-state index in [0.717, 1.165) is 0 Å². The standard InChI is InChI=1S/C11H21N3O2/c1-7(2)6-8(9(15)13-3)14-10(16)11(12)4-5-11/h7-8H,4-6,12H2,1-3H3,(H,13,15)(H,14,16). The van der Waals surface area contributed by atoms with E-state index in [0.29, 0.717) is 25.2 Å². The van der Waals surface area contributed by atoms with Crippen LogP contribution in [0.4, 0.5) is 0 Å². The molecule has 92 valence electrons. The first-order valence-electron chi connectivity index (χ1n) is 5.70. The molecule has 0 spiro atoms. The number of carbonyl (C=O) groups is 2. The summed E-state index contributed by atoms with van der Waals surface area (Å²) in [5.41, 5.74) is 5.05. The second-order valence-corrected chi connectivity index (χ2v) is 4.93. The minimum atomic E-state index is -0.719. The first-order valence-corrected chi connectivity index (χ1v) is 5.70. The van der Waals surface area contributed by atoms with Crippen LogP contribution in [-0.2, 0) is 9.59 Å². The molecule has 0 saturated heterocycles. The van der Waals surface area contributed by atoms with Gasteiger partial charge in [0, 0.05) is 7.05 Å². The monoisotopic (exact) mass is 227 g/mol. The number of nitrogens with one attached hydrogen (secondary N) is 2. The van der Waals surface area contributed by atoms with Crippen molar-refractivity contribution in [3.63, 3.8) is 0 Å². The Bertz CT molecular complexity index is 285. The van der Waals surface area contributed by atoms with E-state index in [-0.39, 0.29) is 11.8 Å². The molecule has 1 atom stereocenters. The Balaban J connectivity index is 2.56. The third-order valence-electron chi connectivity index (χ3n) is 2.82. The third kappa shape index (κ3) is 3.20. The normalized spacial score (nSPS) is 19.1. The van der Waals surface area contributed by atoms with E-state index in [1.54, 1.807) is 7.05 Å². The summed E-state index contributed by atoms with van der Waals surface area (Å²) in [5, 5.41) is 5.28. The van der Waals surface area contributed by atoms with Crippen LogP contribution in [-0.4, -0.2) is 30.4 Å². The summed E-state index contributed by atoms with van der Waals surface area (Å²) in [6.07, 6.45) is 2.05. The number of likely N-dealkylation sites (N-methyl/N-ethyl adjacent to an activating group) is 1. The molecule has 1 aliphatic carbocycles. The van der Waals surface area contributed by atoms with Gasteiger partial charge in [-0.1, -0.05) is 13.8 Å². The Labute approximate surface area is 96.1 Å². The molecule has 5 nitrogen and oxygen atoms in total. The molecule has 16 heavy (non-hydrogen) atoms. The fourth-order valence-corrected chi connectivity index (χ4v) is 1.54. The lowest BCUT2D eigenvalue weighted by Gasteiger charge is -2.21. The van der Waals surface area contributed by atoms with Crippen molar-refractivity contribution in [3.8, 4) is 0 Å². The Kier molecular flexibility index (Phi) is 3.91. The van der Waals surface area contributed by atoms with Gasteiger partial charge in [-0.05, 0) is 25.2 Å². The summed E-state index contributed by atoms with van der Waals surface area (Å²) in [7, 11) is 1.57. The highest BCUT2D eigenvalue weighted by molar-refractivity contribution is 5.93. The zero-order valence-electron chi connectivity index (χ0n) is 10.2. The van der Waals surface area contributed by atoms with Crippen LogP contribution in [0.15, 0.2) is 0 Å². The van der Waals surface area contributed by atoms with Crippen LogP contribution < -0.4 is 16.4 Å². The predicted octanol–water partition coefficient (Wildman–Crippen LogP) is -0.245. The number of carbonyl (C=O) groups excluding carboxylic acids is 2. The van der Waals surface area contributed by atoms with Gasteiger partial charge in [-0.3, -0.25) is 9.59 Å². The van der Waals surface area contributed by atoms with E-state index >= 15 is 0 Å². The van der Waals surface area contributed by atoms with E-state index < -0.39 is 11.6 Å². The van der Waals surface area contributed by atoms with E-state index in [4.69, 9.17) is 5.73 Å². The molecule has 0 aromatic carbocycles. The molecule has 0 aromatic rings. The summed E-state index contributed by atoms with van der Waals surface area (Å²) in [4.78, 5) is 23.3. The minimum Gasteiger partial charge on any atom is -0.357 e. The Morgan fingerprint density at radius 3 is 2.31 bits per heavy atom. The molecule has 0 aliphatic heterocycles. The molecule has 0 aromatic heterocycles. The van der Waals surface area contributed by atoms with Crippen LogP contribution in [0, 0.1) is 5.92 Å². The van der Waals surface area contributed by atoms with Crippen LogP contribution in [0.5, 0.6) is 0 Å². The molecule has 5 heteroatoms. The van der Waals surface area contributed by atoms with E-state index in [9.17, 15) is 9.59 Å². The number of hydrogen-bond donors (Lipinski definition) is 3. The van der Waals surface area contributed by atoms with Gasteiger partial charge in [0.1, 0.15) is 6.04 Å². The van der Waals surface area contributed by atoms with Crippen molar-refractivity contribution in [2.24, 2.45) is 11.7 Å². The van der Waals surface area contributed by atoms with Crippen molar-refractivity contribution in [2.45, 2.75) is 44.7 Å². The van der Waals surface area contributed by atoms with Crippen LogP contribution in [0.3, 0.4) is 0 Å². The van der Waals surface area contributed by atoms with Gasteiger partial charge < -0.3 is 16.4 Å². The first-order chi connectivity index (χ1) is 7.39. The van der Waals surface area contributed by atoms with Crippen molar-refractivity contribution in [2.75, 3.05) is 7.05 Å². The topological polar surface area (TPSA) is 84.2 Å². The van der Waals surface area contributed by atoms with Crippen molar-refractivity contribution >= 4 is 11.8 Å². The molecule has 0 heterocycles. The fraction of sp³-hybridized carbons (Fsp3) is 0.818. The molecule has 0 radical (unpaired) electrons. The zero-order valence-corrected chi connectivity index (χ0v) is 10.2. The van der Waals surface area contributed by atoms with Crippen LogP contribution in [0.1, 0.15) is 33.1 Å². The molecule has 4 N–H and O–H groups in total. The summed E-state index contributed by atoms with van der Waals surface area (Å²) in [6, 6.07) is -0.474. The van der Waals surface area contributed by atoms with Crippen LogP contribution in [0.2, 0.25) is 0 Å². The molecule has 1 saturated carbocycles. The number of rotatable bonds is 5. The predicted molar refractivity (Wildman–Crippen MR) is 61.6 cm³/mol. The SMILES string of the molecule is CNC(=O)C(CC(C)C)NC(=O)C1(N)CC1. The Morgan fingerprint density at radius 2 is 1.94 bits per heavy atom. The fourth-order valence-electron chi connectivity index (χ4n) is 1.54. The molecule has 1 rings (SSSR count). The molecule has 1 fully saturated rings. The lowest BCUT2D eigenvalue weighted by molar-refractivity contribution is -0.130. The molecule has 2 amide bonds. The lowest BCUT2D eigenvalue weighted by atomic mass is 10.0. The van der Waals surface area contributed by atoms with Gasteiger partial charge in [0.2, 0.25) is 11.8 Å². The van der Waals surface area contributed by atoms with E-state index in [2.05, 4.69) is 10.6 Å². The summed E-state index contributed by atoms with van der Waals surface area (Å²) >= 11 is 0. The average Bonchev–Trinajstić information content (AvgIpc) is 2.95. The minimum absolute atomic E-state index is 0.161. The number of hydrogen-bond acceptors (Lipinski definition) is 3. The van der Waals surface area contributed by atoms with Gasteiger partial charge in [0.05, 0.1) is 5.54 Å². The molecule has 1 aliphatic rings. The Morgan fingerprint density at radius 1 is 1.38 bits per heavy atom. The lowest BCUT2D eigenvalue weighted by Crippen LogP contribution is -2.52. The molecule has 1 unspecified atom stereocenters. The molecular weight excluding hydrogens is 206 g/mol. The van der Waals surface area contributed by atoms with E-state index in [1.165, 1.54) is 0 Å². The summed E-state index contributed by atoms with van der Waals surface area (Å²) in [6.45, 7) is 4.02. The van der Waals surface area contributed by atoms with Gasteiger partial charge >= 0.3 is 0 Å². The highest BCUT2D eigenvalue weighted by atomic mass is 16.2. The van der Waals surface area contributed by atoms with Gasteiger partial charge in [0.15, 0.2) is 0 Å². The molecule has 0 bridgehead atoms.